The third kappa shape index (κ3) is 5.38. The first kappa shape index (κ1) is 24.5. The normalized spacial score (nSPS) is 12.9. The Kier molecular flexibility index (Phi) is 6.20. The quantitative estimate of drug-likeness (QED) is 0.369. The number of nitrogens with zero attached hydrogens (tertiary/aromatic N) is 1. The fourth-order valence-electron chi connectivity index (χ4n) is 3.37. The number of sulfone groups is 1. The number of aromatic amines is 1. The fourth-order valence-corrected chi connectivity index (χ4v) is 4.71. The number of hydrogen-bond donors (Lipinski definition) is 2. The molecule has 0 aliphatic heterocycles. The van der Waals surface area contributed by atoms with E-state index in [4.69, 9.17) is 0 Å². The van der Waals surface area contributed by atoms with Gasteiger partial charge in [0.25, 0.3) is 9.84 Å². The van der Waals surface area contributed by atoms with Crippen molar-refractivity contribution in [1.82, 2.24) is 9.97 Å². The second-order valence-electron chi connectivity index (χ2n) is 7.63. The topological polar surface area (TPSA) is 109 Å². The Labute approximate surface area is 199 Å². The Morgan fingerprint density at radius 3 is 2.26 bits per heavy atom. The third-order valence-corrected chi connectivity index (χ3v) is 7.06. The molecule has 2 N–H and O–H groups in total. The maximum atomic E-state index is 12.7. The van der Waals surface area contributed by atoms with Gasteiger partial charge in [-0.15, -0.1) is 0 Å². The molecule has 0 atom stereocenters. The van der Waals surface area contributed by atoms with Crippen LogP contribution in [0.4, 0.5) is 18.9 Å². The zero-order chi connectivity index (χ0) is 25.4. The van der Waals surface area contributed by atoms with Crippen LogP contribution in [-0.2, 0) is 19.9 Å². The Balaban J connectivity index is 1.59. The Morgan fingerprint density at radius 1 is 0.914 bits per heavy atom. The van der Waals surface area contributed by atoms with E-state index in [0.29, 0.717) is 33.7 Å². The second-order valence-corrected chi connectivity index (χ2v) is 11.3. The lowest BCUT2D eigenvalue weighted by Gasteiger charge is -2.10. The number of para-hydroxylation sites is 1. The SMILES string of the molecule is CS(=O)(=O)Nc1ccccc1-c1ccc2nc(/C=C/c3ccc(S(=O)(=O)C(F)(F)F)cc3)[nH]c2c1. The number of alkyl halides is 3. The standard InChI is InChI=1S/C23H18F3N3O4S2/c1-34(30,31)29-19-5-3-2-4-18(19)16-9-12-20-21(14-16)28-22(27-20)13-8-15-6-10-17(11-7-15)35(32,33)23(24,25)26/h2-14,29H,1H3,(H,27,28)/b13-8+. The summed E-state index contributed by atoms with van der Waals surface area (Å²) in [6.45, 7) is 0. The Bertz CT molecular complexity index is 1640. The van der Waals surface area contributed by atoms with Gasteiger partial charge in [-0.2, -0.15) is 13.2 Å². The third-order valence-electron chi connectivity index (χ3n) is 4.96. The van der Waals surface area contributed by atoms with E-state index in [0.717, 1.165) is 24.0 Å². The molecule has 4 rings (SSSR count). The molecule has 0 aliphatic rings. The molecule has 182 valence electrons. The van der Waals surface area contributed by atoms with Crippen LogP contribution in [0.25, 0.3) is 34.3 Å². The molecule has 3 aromatic carbocycles. The average molecular weight is 522 g/mol. The van der Waals surface area contributed by atoms with Crippen LogP contribution in [0.1, 0.15) is 11.4 Å². The molecule has 0 saturated heterocycles. The van der Waals surface area contributed by atoms with Gasteiger partial charge in [0.2, 0.25) is 10.0 Å². The number of anilines is 1. The van der Waals surface area contributed by atoms with Crippen LogP contribution in [0.2, 0.25) is 0 Å². The number of aromatic nitrogens is 2. The van der Waals surface area contributed by atoms with E-state index >= 15 is 0 Å². The summed E-state index contributed by atoms with van der Waals surface area (Å²) < 4.78 is 86.8. The molecule has 1 aromatic heterocycles. The van der Waals surface area contributed by atoms with Crippen molar-refractivity contribution in [2.24, 2.45) is 0 Å². The molecule has 7 nitrogen and oxygen atoms in total. The van der Waals surface area contributed by atoms with Crippen molar-refractivity contribution in [3.8, 4) is 11.1 Å². The van der Waals surface area contributed by atoms with E-state index in [1.807, 2.05) is 6.07 Å². The monoisotopic (exact) mass is 521 g/mol. The van der Waals surface area contributed by atoms with Crippen molar-refractivity contribution in [2.45, 2.75) is 10.4 Å². The summed E-state index contributed by atoms with van der Waals surface area (Å²) in [6, 6.07) is 16.7. The van der Waals surface area contributed by atoms with Crippen molar-refractivity contribution < 1.29 is 30.0 Å². The fraction of sp³-hybridized carbons (Fsp3) is 0.0870. The first-order chi connectivity index (χ1) is 16.3. The summed E-state index contributed by atoms with van der Waals surface area (Å²) in [5.41, 5.74) is -1.68. The van der Waals surface area contributed by atoms with Gasteiger partial charge in [-0.25, -0.2) is 21.8 Å². The van der Waals surface area contributed by atoms with E-state index < -0.39 is 30.3 Å². The molecule has 4 aromatic rings. The molecule has 0 spiro atoms. The zero-order valence-electron chi connectivity index (χ0n) is 18.0. The van der Waals surface area contributed by atoms with Gasteiger partial charge in [0, 0.05) is 5.56 Å². The highest BCUT2D eigenvalue weighted by atomic mass is 32.2. The van der Waals surface area contributed by atoms with Gasteiger partial charge in [0.15, 0.2) is 0 Å². The molecule has 12 heteroatoms. The summed E-state index contributed by atoms with van der Waals surface area (Å²) in [5, 5.41) is 0. The van der Waals surface area contributed by atoms with Crippen LogP contribution in [0, 0.1) is 0 Å². The van der Waals surface area contributed by atoms with Gasteiger partial charge in [0.05, 0.1) is 27.9 Å². The number of rotatable bonds is 6. The summed E-state index contributed by atoms with van der Waals surface area (Å²) in [6.07, 6.45) is 4.25. The summed E-state index contributed by atoms with van der Waals surface area (Å²) in [7, 11) is -8.86. The minimum absolute atomic E-state index is 0.435. The lowest BCUT2D eigenvalue weighted by molar-refractivity contribution is -0.0436. The van der Waals surface area contributed by atoms with Gasteiger partial charge in [-0.1, -0.05) is 42.5 Å². The molecule has 1 heterocycles. The summed E-state index contributed by atoms with van der Waals surface area (Å²) >= 11 is 0. The second kappa shape index (κ2) is 8.86. The lowest BCUT2D eigenvalue weighted by Crippen LogP contribution is -2.23. The highest BCUT2D eigenvalue weighted by molar-refractivity contribution is 7.92. The maximum absolute atomic E-state index is 12.7. The minimum Gasteiger partial charge on any atom is -0.338 e. The predicted molar refractivity (Wildman–Crippen MR) is 129 cm³/mol. The highest BCUT2D eigenvalue weighted by Crippen LogP contribution is 2.31. The van der Waals surface area contributed by atoms with Crippen molar-refractivity contribution in [2.75, 3.05) is 11.0 Å². The van der Waals surface area contributed by atoms with Gasteiger partial charge in [0.1, 0.15) is 5.82 Å². The molecule has 0 amide bonds. The molecule has 0 fully saturated rings. The predicted octanol–water partition coefficient (Wildman–Crippen LogP) is 5.07. The van der Waals surface area contributed by atoms with Crippen LogP contribution in [0.5, 0.6) is 0 Å². The van der Waals surface area contributed by atoms with Crippen LogP contribution in [-0.4, -0.2) is 38.6 Å². The minimum atomic E-state index is -5.40. The number of nitrogens with one attached hydrogen (secondary N) is 2. The number of fused-ring (bicyclic) bond motifs is 1. The van der Waals surface area contributed by atoms with Crippen LogP contribution in [0.3, 0.4) is 0 Å². The van der Waals surface area contributed by atoms with Gasteiger partial charge >= 0.3 is 5.51 Å². The van der Waals surface area contributed by atoms with Crippen LogP contribution < -0.4 is 4.72 Å². The van der Waals surface area contributed by atoms with E-state index in [9.17, 15) is 30.0 Å². The average Bonchev–Trinajstić information content (AvgIpc) is 3.19. The van der Waals surface area contributed by atoms with Gasteiger partial charge in [-0.05, 0) is 47.5 Å². The maximum Gasteiger partial charge on any atom is 0.501 e. The molecule has 35 heavy (non-hydrogen) atoms. The summed E-state index contributed by atoms with van der Waals surface area (Å²) in [5.74, 6) is 0.465. The number of imidazole rings is 1. The number of sulfonamides is 1. The van der Waals surface area contributed by atoms with Gasteiger partial charge < -0.3 is 4.98 Å². The van der Waals surface area contributed by atoms with E-state index in [-0.39, 0.29) is 0 Å². The lowest BCUT2D eigenvalue weighted by atomic mass is 10.0. The largest absolute Gasteiger partial charge is 0.501 e. The molecular weight excluding hydrogens is 503 g/mol. The highest BCUT2D eigenvalue weighted by Gasteiger charge is 2.46. The van der Waals surface area contributed by atoms with E-state index in [2.05, 4.69) is 14.7 Å². The first-order valence-corrected chi connectivity index (χ1v) is 13.4. The smallest absolute Gasteiger partial charge is 0.338 e. The van der Waals surface area contributed by atoms with Crippen molar-refractivity contribution in [3.63, 3.8) is 0 Å². The van der Waals surface area contributed by atoms with E-state index in [1.54, 1.807) is 48.6 Å². The zero-order valence-corrected chi connectivity index (χ0v) is 19.7. The summed E-state index contributed by atoms with van der Waals surface area (Å²) in [4.78, 5) is 6.72. The van der Waals surface area contributed by atoms with Crippen LogP contribution >= 0.6 is 0 Å². The number of hydrogen-bond acceptors (Lipinski definition) is 5. The molecule has 0 unspecified atom stereocenters. The van der Waals surface area contributed by atoms with Crippen LogP contribution in [0.15, 0.2) is 71.6 Å². The van der Waals surface area contributed by atoms with Crippen molar-refractivity contribution >= 4 is 48.7 Å². The number of halogens is 3. The molecule has 0 aliphatic carbocycles. The van der Waals surface area contributed by atoms with Crippen molar-refractivity contribution in [3.05, 3.63) is 78.1 Å². The first-order valence-electron chi connectivity index (χ1n) is 10.00. The van der Waals surface area contributed by atoms with Gasteiger partial charge in [-0.3, -0.25) is 4.72 Å². The molecular formula is C23H18F3N3O4S2. The molecule has 0 saturated carbocycles. The number of H-pyrrole nitrogens is 1. The Hall–Kier alpha value is -3.64. The molecule has 0 radical (unpaired) electrons. The molecule has 0 bridgehead atoms. The Morgan fingerprint density at radius 2 is 1.60 bits per heavy atom. The van der Waals surface area contributed by atoms with Crippen molar-refractivity contribution in [1.29, 1.82) is 0 Å². The number of benzene rings is 3. The van der Waals surface area contributed by atoms with E-state index in [1.165, 1.54) is 12.1 Å².